The van der Waals surface area contributed by atoms with Gasteiger partial charge in [-0.25, -0.2) is 0 Å². The minimum Gasteiger partial charge on any atom is -0.381 e. The quantitative estimate of drug-likeness (QED) is 0.879. The maximum atomic E-state index is 12.9. The molecule has 110 valence electrons. The summed E-state index contributed by atoms with van der Waals surface area (Å²) >= 11 is 0. The highest BCUT2D eigenvalue weighted by atomic mass is 16.5. The van der Waals surface area contributed by atoms with E-state index >= 15 is 0 Å². The number of nitrogens with zero attached hydrogens (tertiary/aromatic N) is 1. The number of aryl methyl sites for hydroxylation is 1. The van der Waals surface area contributed by atoms with E-state index in [0.717, 1.165) is 22.2 Å². The molecule has 1 saturated heterocycles. The molecular formula is C17H20N2O2. The molecule has 3 rings (SSSR count). The molecule has 1 aromatic heterocycles. The molecule has 0 aliphatic carbocycles. The van der Waals surface area contributed by atoms with Crippen molar-refractivity contribution in [1.29, 1.82) is 0 Å². The summed E-state index contributed by atoms with van der Waals surface area (Å²) in [5.41, 5.74) is 8.07. The van der Waals surface area contributed by atoms with Crippen LogP contribution in [0.4, 0.5) is 0 Å². The van der Waals surface area contributed by atoms with Crippen LogP contribution >= 0.6 is 0 Å². The van der Waals surface area contributed by atoms with Crippen molar-refractivity contribution in [2.24, 2.45) is 11.1 Å². The van der Waals surface area contributed by atoms with Crippen molar-refractivity contribution >= 4 is 16.7 Å². The molecule has 21 heavy (non-hydrogen) atoms. The van der Waals surface area contributed by atoms with Gasteiger partial charge in [0.15, 0.2) is 5.78 Å². The van der Waals surface area contributed by atoms with E-state index in [2.05, 4.69) is 4.98 Å². The number of ketones is 1. The van der Waals surface area contributed by atoms with Crippen molar-refractivity contribution in [3.05, 3.63) is 41.6 Å². The van der Waals surface area contributed by atoms with Crippen molar-refractivity contribution in [2.45, 2.75) is 19.8 Å². The van der Waals surface area contributed by atoms with Gasteiger partial charge in [-0.15, -0.1) is 0 Å². The summed E-state index contributed by atoms with van der Waals surface area (Å²) in [6, 6.07) is 9.68. The van der Waals surface area contributed by atoms with Crippen LogP contribution in [-0.2, 0) is 4.74 Å². The Balaban J connectivity index is 1.98. The molecule has 2 N–H and O–H groups in total. The lowest BCUT2D eigenvalue weighted by atomic mass is 9.74. The lowest BCUT2D eigenvalue weighted by molar-refractivity contribution is 0.0200. The third-order valence-electron chi connectivity index (χ3n) is 4.41. The standard InChI is InChI=1S/C17H20N2O2/c1-12-2-3-13-10-14(4-5-15(13)19-12)16(20)17(11-18)6-8-21-9-7-17/h2-5,10H,6-9,11,18H2,1H3. The number of rotatable bonds is 3. The van der Waals surface area contributed by atoms with Gasteiger partial charge in [-0.2, -0.15) is 0 Å². The van der Waals surface area contributed by atoms with Gasteiger partial charge in [0.2, 0.25) is 0 Å². The number of pyridine rings is 1. The van der Waals surface area contributed by atoms with Crippen LogP contribution in [0.5, 0.6) is 0 Å². The number of Topliss-reactive ketones (excluding diaryl/α,β-unsaturated/α-hetero) is 1. The fraction of sp³-hybridized carbons (Fsp3) is 0.412. The van der Waals surface area contributed by atoms with Gasteiger partial charge >= 0.3 is 0 Å². The summed E-state index contributed by atoms with van der Waals surface area (Å²) in [5.74, 6) is 0.135. The largest absolute Gasteiger partial charge is 0.381 e. The zero-order valence-electron chi connectivity index (χ0n) is 12.3. The highest BCUT2D eigenvalue weighted by molar-refractivity contribution is 6.03. The number of nitrogens with two attached hydrogens (primary N) is 1. The van der Waals surface area contributed by atoms with E-state index in [-0.39, 0.29) is 5.78 Å². The van der Waals surface area contributed by atoms with Gasteiger partial charge in [-0.3, -0.25) is 9.78 Å². The fourth-order valence-corrected chi connectivity index (χ4v) is 2.96. The van der Waals surface area contributed by atoms with Gasteiger partial charge in [0.25, 0.3) is 0 Å². The second-order valence-electron chi connectivity index (χ2n) is 5.79. The Kier molecular flexibility index (Phi) is 3.74. The average molecular weight is 284 g/mol. The predicted octanol–water partition coefficient (Wildman–Crippen LogP) is 2.48. The van der Waals surface area contributed by atoms with Gasteiger partial charge in [-0.1, -0.05) is 6.07 Å². The molecule has 4 nitrogen and oxygen atoms in total. The zero-order valence-corrected chi connectivity index (χ0v) is 12.3. The molecule has 2 heterocycles. The Morgan fingerprint density at radius 1 is 1.29 bits per heavy atom. The minimum absolute atomic E-state index is 0.135. The number of benzene rings is 1. The van der Waals surface area contributed by atoms with Crippen molar-refractivity contribution in [3.63, 3.8) is 0 Å². The molecule has 4 heteroatoms. The highest BCUT2D eigenvalue weighted by Gasteiger charge is 2.39. The summed E-state index contributed by atoms with van der Waals surface area (Å²) in [6.45, 7) is 3.55. The Hall–Kier alpha value is -1.78. The van der Waals surface area contributed by atoms with E-state index in [9.17, 15) is 4.79 Å². The number of ether oxygens (including phenoxy) is 1. The summed E-state index contributed by atoms with van der Waals surface area (Å²) in [4.78, 5) is 17.4. The summed E-state index contributed by atoms with van der Waals surface area (Å²) in [6.07, 6.45) is 1.40. The van der Waals surface area contributed by atoms with Crippen LogP contribution in [0.2, 0.25) is 0 Å². The molecule has 1 aliphatic rings. The lowest BCUT2D eigenvalue weighted by Crippen LogP contribution is -2.43. The third-order valence-corrected chi connectivity index (χ3v) is 4.41. The number of carbonyl (C=O) groups is 1. The molecule has 2 aromatic rings. The Morgan fingerprint density at radius 3 is 2.76 bits per heavy atom. The molecular weight excluding hydrogens is 264 g/mol. The predicted molar refractivity (Wildman–Crippen MR) is 82.4 cm³/mol. The summed E-state index contributed by atoms with van der Waals surface area (Å²) < 4.78 is 5.38. The van der Waals surface area contributed by atoms with E-state index < -0.39 is 5.41 Å². The van der Waals surface area contributed by atoms with Gasteiger partial charge in [0.05, 0.1) is 10.9 Å². The Bertz CT molecular complexity index is 676. The van der Waals surface area contributed by atoms with Crippen LogP contribution in [-0.4, -0.2) is 30.5 Å². The van der Waals surface area contributed by atoms with E-state index in [1.54, 1.807) is 0 Å². The topological polar surface area (TPSA) is 65.2 Å². The first-order valence-corrected chi connectivity index (χ1v) is 7.35. The fourth-order valence-electron chi connectivity index (χ4n) is 2.96. The normalized spacial score (nSPS) is 17.8. The molecule has 0 unspecified atom stereocenters. The first-order valence-electron chi connectivity index (χ1n) is 7.35. The van der Waals surface area contributed by atoms with Crippen LogP contribution in [0.15, 0.2) is 30.3 Å². The number of fused-ring (bicyclic) bond motifs is 1. The number of aromatic nitrogens is 1. The average Bonchev–Trinajstić information content (AvgIpc) is 2.54. The van der Waals surface area contributed by atoms with Crippen LogP contribution in [0, 0.1) is 12.3 Å². The van der Waals surface area contributed by atoms with Gasteiger partial charge in [0.1, 0.15) is 0 Å². The van der Waals surface area contributed by atoms with Crippen molar-refractivity contribution < 1.29 is 9.53 Å². The number of hydrogen-bond acceptors (Lipinski definition) is 4. The SMILES string of the molecule is Cc1ccc2cc(C(=O)C3(CN)CCOCC3)ccc2n1. The lowest BCUT2D eigenvalue weighted by Gasteiger charge is -2.34. The van der Waals surface area contributed by atoms with E-state index in [0.29, 0.717) is 32.6 Å². The number of carbonyl (C=O) groups excluding carboxylic acids is 1. The summed E-state index contributed by atoms with van der Waals surface area (Å²) in [5, 5.41) is 0.991. The molecule has 1 aromatic carbocycles. The van der Waals surface area contributed by atoms with Crippen molar-refractivity contribution in [3.8, 4) is 0 Å². The minimum atomic E-state index is -0.468. The van der Waals surface area contributed by atoms with Crippen LogP contribution in [0.1, 0.15) is 28.9 Å². The second kappa shape index (κ2) is 5.54. The van der Waals surface area contributed by atoms with E-state index in [4.69, 9.17) is 10.5 Å². The molecule has 0 radical (unpaired) electrons. The van der Waals surface area contributed by atoms with Crippen LogP contribution < -0.4 is 5.73 Å². The Labute approximate surface area is 124 Å². The first-order chi connectivity index (χ1) is 10.1. The van der Waals surface area contributed by atoms with E-state index in [1.165, 1.54) is 0 Å². The molecule has 1 aliphatic heterocycles. The van der Waals surface area contributed by atoms with Gasteiger partial charge in [-0.05, 0) is 44.0 Å². The molecule has 0 saturated carbocycles. The maximum absolute atomic E-state index is 12.9. The molecule has 0 atom stereocenters. The number of hydrogen-bond donors (Lipinski definition) is 1. The molecule has 0 bridgehead atoms. The highest BCUT2D eigenvalue weighted by Crippen LogP contribution is 2.33. The van der Waals surface area contributed by atoms with Crippen LogP contribution in [0.3, 0.4) is 0 Å². The van der Waals surface area contributed by atoms with Gasteiger partial charge < -0.3 is 10.5 Å². The Morgan fingerprint density at radius 2 is 2.05 bits per heavy atom. The second-order valence-corrected chi connectivity index (χ2v) is 5.79. The monoisotopic (exact) mass is 284 g/mol. The van der Waals surface area contributed by atoms with Gasteiger partial charge in [0, 0.05) is 36.4 Å². The zero-order chi connectivity index (χ0) is 14.9. The van der Waals surface area contributed by atoms with Crippen LogP contribution in [0.25, 0.3) is 10.9 Å². The smallest absolute Gasteiger partial charge is 0.170 e. The third kappa shape index (κ3) is 2.57. The summed E-state index contributed by atoms with van der Waals surface area (Å²) in [7, 11) is 0. The first kappa shape index (κ1) is 14.2. The maximum Gasteiger partial charge on any atom is 0.170 e. The van der Waals surface area contributed by atoms with Crippen molar-refractivity contribution in [1.82, 2.24) is 4.98 Å². The van der Waals surface area contributed by atoms with Crippen molar-refractivity contribution in [2.75, 3.05) is 19.8 Å². The molecule has 0 amide bonds. The molecule has 0 spiro atoms. The van der Waals surface area contributed by atoms with E-state index in [1.807, 2.05) is 37.3 Å². The molecule has 1 fully saturated rings.